The maximum Gasteiger partial charge on any atom is 0.269 e. The third kappa shape index (κ3) is 3.61. The highest BCUT2D eigenvalue weighted by atomic mass is 16.6. The second kappa shape index (κ2) is 6.58. The molecule has 0 saturated heterocycles. The van der Waals surface area contributed by atoms with Crippen LogP contribution in [-0.2, 0) is 6.61 Å². The molecule has 0 atom stereocenters. The molecule has 21 heavy (non-hydrogen) atoms. The molecule has 2 rings (SSSR count). The van der Waals surface area contributed by atoms with Crippen LogP contribution in [0.25, 0.3) is 0 Å². The van der Waals surface area contributed by atoms with E-state index in [1.54, 1.807) is 18.2 Å². The first-order valence-electron chi connectivity index (χ1n) is 6.08. The number of nitro benzene ring substituents is 1. The van der Waals surface area contributed by atoms with Crippen LogP contribution in [0.5, 0.6) is 5.75 Å². The quantitative estimate of drug-likeness (QED) is 0.517. The minimum absolute atomic E-state index is 0.00573. The van der Waals surface area contributed by atoms with Crippen LogP contribution in [0.2, 0.25) is 0 Å². The van der Waals surface area contributed by atoms with Gasteiger partial charge in [0.15, 0.2) is 0 Å². The van der Waals surface area contributed by atoms with E-state index in [9.17, 15) is 10.1 Å². The van der Waals surface area contributed by atoms with E-state index in [1.165, 1.54) is 31.4 Å². The van der Waals surface area contributed by atoms with Crippen molar-refractivity contribution in [2.45, 2.75) is 6.61 Å². The number of azo groups is 1. The maximum atomic E-state index is 10.6. The second-order valence-corrected chi connectivity index (χ2v) is 4.14. The first-order valence-corrected chi connectivity index (χ1v) is 6.08. The molecule has 0 amide bonds. The third-order valence-corrected chi connectivity index (χ3v) is 2.76. The number of non-ortho nitro benzene ring substituents is 1. The summed E-state index contributed by atoms with van der Waals surface area (Å²) in [5, 5.41) is 27.7. The van der Waals surface area contributed by atoms with Crippen LogP contribution in [0.1, 0.15) is 5.56 Å². The summed E-state index contributed by atoms with van der Waals surface area (Å²) >= 11 is 0. The van der Waals surface area contributed by atoms with E-state index >= 15 is 0 Å². The Morgan fingerprint density at radius 1 is 1.19 bits per heavy atom. The molecule has 0 saturated carbocycles. The van der Waals surface area contributed by atoms with Crippen LogP contribution >= 0.6 is 0 Å². The smallest absolute Gasteiger partial charge is 0.269 e. The monoisotopic (exact) mass is 287 g/mol. The molecule has 1 N–H and O–H groups in total. The molecule has 0 radical (unpaired) electrons. The van der Waals surface area contributed by atoms with Crippen LogP contribution in [-0.4, -0.2) is 17.1 Å². The van der Waals surface area contributed by atoms with E-state index in [4.69, 9.17) is 9.84 Å². The number of hydrogen-bond donors (Lipinski definition) is 1. The van der Waals surface area contributed by atoms with Gasteiger partial charge in [0, 0.05) is 12.1 Å². The molecule has 0 unspecified atom stereocenters. The average molecular weight is 287 g/mol. The van der Waals surface area contributed by atoms with Crippen molar-refractivity contribution in [2.24, 2.45) is 10.2 Å². The van der Waals surface area contributed by atoms with Gasteiger partial charge in [-0.3, -0.25) is 10.1 Å². The Bertz CT molecular complexity index is 668. The minimum Gasteiger partial charge on any atom is -0.494 e. The van der Waals surface area contributed by atoms with Gasteiger partial charge >= 0.3 is 0 Å². The van der Waals surface area contributed by atoms with Crippen molar-refractivity contribution in [3.8, 4) is 5.75 Å². The lowest BCUT2D eigenvalue weighted by molar-refractivity contribution is -0.384. The Morgan fingerprint density at radius 3 is 2.48 bits per heavy atom. The molecule has 0 aliphatic rings. The van der Waals surface area contributed by atoms with Crippen LogP contribution in [0, 0.1) is 10.1 Å². The summed E-state index contributed by atoms with van der Waals surface area (Å²) in [6.45, 7) is -0.107. The Kier molecular flexibility index (Phi) is 4.57. The summed E-state index contributed by atoms with van der Waals surface area (Å²) in [6, 6.07) is 10.8. The van der Waals surface area contributed by atoms with Crippen molar-refractivity contribution < 1.29 is 14.8 Å². The molecule has 0 aliphatic carbocycles. The topological polar surface area (TPSA) is 97.3 Å². The second-order valence-electron chi connectivity index (χ2n) is 4.14. The molecule has 0 aliphatic heterocycles. The van der Waals surface area contributed by atoms with Crippen LogP contribution in [0.4, 0.5) is 17.1 Å². The number of ether oxygens (including phenoxy) is 1. The van der Waals surface area contributed by atoms with Crippen molar-refractivity contribution in [3.05, 3.63) is 58.1 Å². The molecule has 0 fully saturated rings. The van der Waals surface area contributed by atoms with E-state index in [2.05, 4.69) is 10.2 Å². The Morgan fingerprint density at radius 2 is 1.90 bits per heavy atom. The zero-order valence-corrected chi connectivity index (χ0v) is 11.3. The lowest BCUT2D eigenvalue weighted by Crippen LogP contribution is -1.87. The van der Waals surface area contributed by atoms with Crippen molar-refractivity contribution >= 4 is 17.1 Å². The maximum absolute atomic E-state index is 10.6. The molecule has 7 nitrogen and oxygen atoms in total. The van der Waals surface area contributed by atoms with Gasteiger partial charge in [-0.2, -0.15) is 5.11 Å². The lowest BCUT2D eigenvalue weighted by atomic mass is 10.2. The van der Waals surface area contributed by atoms with Gasteiger partial charge < -0.3 is 9.84 Å². The number of hydrogen-bond acceptors (Lipinski definition) is 6. The summed E-state index contributed by atoms with van der Waals surface area (Å²) in [7, 11) is 1.51. The molecule has 0 aromatic heterocycles. The lowest BCUT2D eigenvalue weighted by Gasteiger charge is -2.04. The molecule has 2 aromatic rings. The average Bonchev–Trinajstić information content (AvgIpc) is 2.52. The zero-order valence-electron chi connectivity index (χ0n) is 11.3. The summed E-state index contributed by atoms with van der Waals surface area (Å²) in [4.78, 5) is 10.1. The van der Waals surface area contributed by atoms with E-state index in [-0.39, 0.29) is 12.3 Å². The normalized spacial score (nSPS) is 10.8. The Hall–Kier alpha value is -2.80. The molecule has 2 aromatic carbocycles. The van der Waals surface area contributed by atoms with Gasteiger partial charge in [-0.15, -0.1) is 5.11 Å². The summed E-state index contributed by atoms with van der Waals surface area (Å²) in [6.07, 6.45) is 0. The zero-order chi connectivity index (χ0) is 15.2. The van der Waals surface area contributed by atoms with Gasteiger partial charge in [-0.1, -0.05) is 6.07 Å². The van der Waals surface area contributed by atoms with Crippen LogP contribution in [0.3, 0.4) is 0 Å². The fourth-order valence-corrected chi connectivity index (χ4v) is 1.66. The fourth-order valence-electron chi connectivity index (χ4n) is 1.66. The largest absolute Gasteiger partial charge is 0.494 e. The van der Waals surface area contributed by atoms with Gasteiger partial charge in [0.05, 0.1) is 24.3 Å². The number of benzene rings is 2. The Labute approximate surface area is 120 Å². The van der Waals surface area contributed by atoms with Crippen molar-refractivity contribution in [2.75, 3.05) is 7.11 Å². The van der Waals surface area contributed by atoms with E-state index in [1.807, 2.05) is 0 Å². The summed E-state index contributed by atoms with van der Waals surface area (Å²) in [5.41, 5.74) is 1.64. The molecule has 0 spiro atoms. The highest BCUT2D eigenvalue weighted by Gasteiger charge is 2.05. The predicted molar refractivity (Wildman–Crippen MR) is 76.2 cm³/mol. The van der Waals surface area contributed by atoms with Gasteiger partial charge in [0.2, 0.25) is 0 Å². The highest BCUT2D eigenvalue weighted by molar-refractivity contribution is 5.54. The number of aliphatic hydroxyl groups is 1. The molecular weight excluding hydrogens is 274 g/mol. The van der Waals surface area contributed by atoms with Crippen molar-refractivity contribution in [3.63, 3.8) is 0 Å². The number of methoxy groups -OCH3 is 1. The van der Waals surface area contributed by atoms with Crippen LogP contribution < -0.4 is 4.74 Å². The third-order valence-electron chi connectivity index (χ3n) is 2.76. The van der Waals surface area contributed by atoms with Crippen molar-refractivity contribution in [1.82, 2.24) is 0 Å². The van der Waals surface area contributed by atoms with E-state index in [0.29, 0.717) is 22.7 Å². The molecule has 0 heterocycles. The fraction of sp³-hybridized carbons (Fsp3) is 0.143. The van der Waals surface area contributed by atoms with Gasteiger partial charge in [-0.25, -0.2) is 0 Å². The van der Waals surface area contributed by atoms with Crippen molar-refractivity contribution in [1.29, 1.82) is 0 Å². The number of nitrogens with zero attached hydrogens (tertiary/aromatic N) is 3. The molecule has 0 bridgehead atoms. The standard InChI is InChI=1S/C14H13N3O4/c1-21-14-7-2-10(9-18)8-13(14)16-15-11-3-5-12(6-4-11)17(19)20/h2-8,18H,9H2,1H3/b16-15+. The summed E-state index contributed by atoms with van der Waals surface area (Å²) in [5.74, 6) is 0.526. The molecular formula is C14H13N3O4. The Balaban J connectivity index is 2.25. The number of rotatable bonds is 5. The van der Waals surface area contributed by atoms with E-state index in [0.717, 1.165) is 0 Å². The number of nitro groups is 1. The minimum atomic E-state index is -0.478. The molecule has 108 valence electrons. The highest BCUT2D eigenvalue weighted by Crippen LogP contribution is 2.30. The predicted octanol–water partition coefficient (Wildman–Crippen LogP) is 3.51. The summed E-state index contributed by atoms with van der Waals surface area (Å²) < 4.78 is 5.16. The van der Waals surface area contributed by atoms with Gasteiger partial charge in [0.25, 0.3) is 5.69 Å². The van der Waals surface area contributed by atoms with Crippen LogP contribution in [0.15, 0.2) is 52.7 Å². The SMILES string of the molecule is COc1ccc(CO)cc1/N=N/c1ccc([N+](=O)[O-])cc1. The number of aliphatic hydroxyl groups excluding tert-OH is 1. The van der Waals surface area contributed by atoms with Gasteiger partial charge in [0.1, 0.15) is 11.4 Å². The first kappa shape index (κ1) is 14.6. The van der Waals surface area contributed by atoms with Gasteiger partial charge in [-0.05, 0) is 29.8 Å². The van der Waals surface area contributed by atoms with E-state index < -0.39 is 4.92 Å². The first-order chi connectivity index (χ1) is 10.1. The molecule has 7 heteroatoms.